The quantitative estimate of drug-likeness (QED) is 0.623. The minimum Gasteiger partial charge on any atom is -0.394 e. The monoisotopic (exact) mass is 248 g/mol. The Morgan fingerprint density at radius 1 is 1.11 bits per heavy atom. The highest BCUT2D eigenvalue weighted by Gasteiger charge is 2.52. The van der Waals surface area contributed by atoms with Crippen LogP contribution in [0.15, 0.2) is 23.4 Å². The molecule has 2 nitrogen and oxygen atoms in total. The Balaban J connectivity index is 2.37. The topological polar surface area (TPSA) is 7.94 Å². The zero-order chi connectivity index (χ0) is 13.2. The van der Waals surface area contributed by atoms with E-state index < -0.39 is 6.97 Å². The van der Waals surface area contributed by atoms with E-state index in [9.17, 15) is 8.63 Å². The minimum atomic E-state index is -3.77. The third-order valence-electron chi connectivity index (χ3n) is 4.07. The number of allylic oxidation sites excluding steroid dienone is 2. The highest BCUT2D eigenvalue weighted by atomic mass is 19.2. The van der Waals surface area contributed by atoms with Crippen molar-refractivity contribution in [1.29, 1.82) is 0 Å². The summed E-state index contributed by atoms with van der Waals surface area (Å²) in [7, 11) is 0. The van der Waals surface area contributed by atoms with Crippen LogP contribution in [0.3, 0.4) is 0 Å². The van der Waals surface area contributed by atoms with Crippen LogP contribution in [0.5, 0.6) is 0 Å². The molecule has 94 valence electrons. The van der Waals surface area contributed by atoms with Crippen LogP contribution in [0.25, 0.3) is 6.08 Å². The van der Waals surface area contributed by atoms with Gasteiger partial charge in [0.25, 0.3) is 0 Å². The summed E-state index contributed by atoms with van der Waals surface area (Å²) < 4.78 is 31.8. The van der Waals surface area contributed by atoms with Crippen LogP contribution in [-0.4, -0.2) is 21.6 Å². The summed E-state index contributed by atoms with van der Waals surface area (Å²) in [5.41, 5.74) is 4.29. The molecule has 18 heavy (non-hydrogen) atoms. The van der Waals surface area contributed by atoms with Crippen LogP contribution in [0.1, 0.15) is 30.8 Å². The Morgan fingerprint density at radius 3 is 2.44 bits per heavy atom. The molecule has 0 aromatic carbocycles. The number of hydrogen-bond donors (Lipinski definition) is 0. The molecule has 0 fully saturated rings. The third-order valence-corrected chi connectivity index (χ3v) is 4.07. The maximum atomic E-state index is 14.7. The first-order chi connectivity index (χ1) is 8.34. The fourth-order valence-electron chi connectivity index (χ4n) is 2.87. The van der Waals surface area contributed by atoms with E-state index in [1.54, 1.807) is 13.8 Å². The first kappa shape index (κ1) is 11.4. The summed E-state index contributed by atoms with van der Waals surface area (Å²) in [5.74, 6) is 0. The van der Waals surface area contributed by atoms with E-state index in [4.69, 9.17) is 0 Å². The van der Waals surface area contributed by atoms with Gasteiger partial charge in [0.15, 0.2) is 5.70 Å². The van der Waals surface area contributed by atoms with Crippen molar-refractivity contribution >= 4 is 18.8 Å². The van der Waals surface area contributed by atoms with Gasteiger partial charge in [-0.25, -0.2) is 0 Å². The number of fused-ring (bicyclic) bond motifs is 2. The number of hydrogen-bond acceptors (Lipinski definition) is 0. The van der Waals surface area contributed by atoms with Gasteiger partial charge in [0.1, 0.15) is 5.71 Å². The fraction of sp³-hybridized carbons (Fsp3) is 0.308. The molecule has 0 atom stereocenters. The van der Waals surface area contributed by atoms with Gasteiger partial charge < -0.3 is 17.6 Å². The Hall–Kier alpha value is -1.65. The predicted molar refractivity (Wildman–Crippen MR) is 69.9 cm³/mol. The molecule has 0 saturated heterocycles. The van der Waals surface area contributed by atoms with E-state index in [2.05, 4.69) is 0 Å². The summed E-state index contributed by atoms with van der Waals surface area (Å²) in [6, 6.07) is 1.83. The smallest absolute Gasteiger partial charge is 0.394 e. The van der Waals surface area contributed by atoms with Crippen molar-refractivity contribution in [3.63, 3.8) is 0 Å². The molecule has 3 rings (SSSR count). The largest absolute Gasteiger partial charge is 0.737 e. The minimum absolute atomic E-state index is 0.597. The Labute approximate surface area is 105 Å². The molecule has 1 aromatic heterocycles. The second kappa shape index (κ2) is 3.22. The van der Waals surface area contributed by atoms with Gasteiger partial charge in [-0.2, -0.15) is 0 Å². The van der Waals surface area contributed by atoms with Gasteiger partial charge in [0.05, 0.1) is 0 Å². The van der Waals surface area contributed by atoms with Crippen molar-refractivity contribution in [2.75, 3.05) is 0 Å². The molecular weight excluding hydrogens is 233 g/mol. The van der Waals surface area contributed by atoms with Gasteiger partial charge in [-0.1, -0.05) is 0 Å². The summed E-state index contributed by atoms with van der Waals surface area (Å²) in [4.78, 5) is 0. The third kappa shape index (κ3) is 1.19. The van der Waals surface area contributed by atoms with Gasteiger partial charge in [-0.3, -0.25) is 0 Å². The second-order valence-corrected chi connectivity index (χ2v) is 5.15. The van der Waals surface area contributed by atoms with E-state index in [-0.39, 0.29) is 0 Å². The van der Waals surface area contributed by atoms with Gasteiger partial charge in [0, 0.05) is 30.3 Å². The lowest BCUT2D eigenvalue weighted by atomic mass is 9.91. The fourth-order valence-corrected chi connectivity index (χ4v) is 2.87. The van der Waals surface area contributed by atoms with Crippen molar-refractivity contribution in [2.45, 2.75) is 27.7 Å². The van der Waals surface area contributed by atoms with Crippen LogP contribution in [0.2, 0.25) is 0 Å². The molecule has 3 heterocycles. The number of halogens is 2. The van der Waals surface area contributed by atoms with E-state index in [1.807, 2.05) is 32.1 Å². The lowest BCUT2D eigenvalue weighted by Gasteiger charge is -2.29. The number of aromatic nitrogens is 1. The number of nitrogens with zero attached hydrogens (tertiary/aromatic N) is 2. The average molecular weight is 248 g/mol. The van der Waals surface area contributed by atoms with Gasteiger partial charge >= 0.3 is 6.97 Å². The number of rotatable bonds is 0. The molecule has 0 aliphatic carbocycles. The van der Waals surface area contributed by atoms with Crippen molar-refractivity contribution in [1.82, 2.24) is 4.48 Å². The first-order valence-corrected chi connectivity index (χ1v) is 6.08. The molecule has 0 radical (unpaired) electrons. The maximum absolute atomic E-state index is 14.7. The lowest BCUT2D eigenvalue weighted by molar-refractivity contribution is -0.361. The van der Waals surface area contributed by atoms with E-state index in [0.717, 1.165) is 11.1 Å². The van der Waals surface area contributed by atoms with Crippen LogP contribution < -0.4 is 0 Å². The Bertz CT molecular complexity index is 663. The summed E-state index contributed by atoms with van der Waals surface area (Å²) in [5, 5.41) is 0. The maximum Gasteiger partial charge on any atom is 0.737 e. The molecule has 0 bridgehead atoms. The van der Waals surface area contributed by atoms with Gasteiger partial charge in [-0.05, 0) is 38.1 Å². The lowest BCUT2D eigenvalue weighted by Crippen LogP contribution is -2.50. The van der Waals surface area contributed by atoms with E-state index in [1.165, 1.54) is 8.96 Å². The van der Waals surface area contributed by atoms with Crippen molar-refractivity contribution in [3.8, 4) is 0 Å². The van der Waals surface area contributed by atoms with Crippen LogP contribution in [0.4, 0.5) is 8.63 Å². The van der Waals surface area contributed by atoms with E-state index >= 15 is 0 Å². The zero-order valence-electron chi connectivity index (χ0n) is 11.0. The SMILES string of the molecule is CC1=CC2=Cc3cc(C)c(C)n3[B-](F)(F)[N+]2=C1C. The normalized spacial score (nSPS) is 20.6. The molecule has 0 N–H and O–H groups in total. The Kier molecular flexibility index (Phi) is 2.05. The van der Waals surface area contributed by atoms with Gasteiger partial charge in [-0.15, -0.1) is 0 Å². The molecule has 0 spiro atoms. The summed E-state index contributed by atoms with van der Waals surface area (Å²) in [6.07, 6.45) is 3.66. The molecule has 2 aliphatic heterocycles. The molecule has 0 unspecified atom stereocenters. The molecule has 0 saturated carbocycles. The highest BCUT2D eigenvalue weighted by molar-refractivity contribution is 6.58. The summed E-state index contributed by atoms with van der Waals surface area (Å²) >= 11 is 0. The second-order valence-electron chi connectivity index (χ2n) is 5.15. The molecule has 0 amide bonds. The van der Waals surface area contributed by atoms with Gasteiger partial charge in [0.2, 0.25) is 0 Å². The van der Waals surface area contributed by atoms with Crippen molar-refractivity contribution in [3.05, 3.63) is 40.4 Å². The molecule has 1 aromatic rings. The van der Waals surface area contributed by atoms with Crippen LogP contribution in [0, 0.1) is 13.8 Å². The number of aryl methyl sites for hydroxylation is 1. The molecule has 5 heteroatoms. The Morgan fingerprint density at radius 2 is 1.78 bits per heavy atom. The van der Waals surface area contributed by atoms with Crippen LogP contribution >= 0.6 is 0 Å². The average Bonchev–Trinajstić information content (AvgIpc) is 2.68. The zero-order valence-corrected chi connectivity index (χ0v) is 11.0. The van der Waals surface area contributed by atoms with Crippen molar-refractivity contribution < 1.29 is 13.1 Å². The van der Waals surface area contributed by atoms with Crippen molar-refractivity contribution in [2.24, 2.45) is 0 Å². The van der Waals surface area contributed by atoms with E-state index in [0.29, 0.717) is 22.8 Å². The first-order valence-electron chi connectivity index (χ1n) is 6.08. The predicted octanol–water partition coefficient (Wildman–Crippen LogP) is 3.12. The molecule has 2 aliphatic rings. The summed E-state index contributed by atoms with van der Waals surface area (Å²) in [6.45, 7) is 3.46. The van der Waals surface area contributed by atoms with Crippen LogP contribution in [-0.2, 0) is 0 Å². The highest BCUT2D eigenvalue weighted by Crippen LogP contribution is 2.34. The standard InChI is InChI=1S/C13H15BF2N2/c1-8-5-12-7-13-6-9(2)11(4)18(13)14(15,16)17(12)10(8)3/h5-7H,1-4H3. The molecular formula is C13H15BF2N2.